The van der Waals surface area contributed by atoms with E-state index in [-0.39, 0.29) is 6.10 Å². The lowest BCUT2D eigenvalue weighted by molar-refractivity contribution is 0.112. The van der Waals surface area contributed by atoms with Crippen LogP contribution in [-0.4, -0.2) is 19.5 Å². The quantitative estimate of drug-likeness (QED) is 0.571. The highest BCUT2D eigenvalue weighted by Crippen LogP contribution is 2.34. The molecule has 1 aromatic rings. The van der Waals surface area contributed by atoms with Gasteiger partial charge in [0.25, 0.3) is 0 Å². The van der Waals surface area contributed by atoms with E-state index < -0.39 is 0 Å². The Morgan fingerprint density at radius 2 is 2.06 bits per heavy atom. The molecule has 1 aromatic carbocycles. The number of rotatable bonds is 6. The van der Waals surface area contributed by atoms with Crippen molar-refractivity contribution in [1.29, 1.82) is 0 Å². The fourth-order valence-corrected chi connectivity index (χ4v) is 1.70. The number of allylic oxidation sites excluding steroid dienone is 2. The maximum Gasteiger partial charge on any atom is 0.165 e. The van der Waals surface area contributed by atoms with Crippen molar-refractivity contribution in [2.45, 2.75) is 33.3 Å². The van der Waals surface area contributed by atoms with Crippen molar-refractivity contribution in [2.24, 2.45) is 0 Å². The standard InChI is InChI=1S/C15H20O3/c1-5-6-7-13-12(10-16)8-9-14(17-4)15(13)18-11(2)3/h5-6,8-11H,7H2,1-4H3/b6-5+. The predicted molar refractivity (Wildman–Crippen MR) is 72.7 cm³/mol. The molecule has 0 saturated heterocycles. The first-order valence-electron chi connectivity index (χ1n) is 6.06. The summed E-state index contributed by atoms with van der Waals surface area (Å²) in [6.07, 6.45) is 5.49. The molecule has 0 fully saturated rings. The molecule has 0 aliphatic rings. The smallest absolute Gasteiger partial charge is 0.165 e. The van der Waals surface area contributed by atoms with Gasteiger partial charge in [-0.25, -0.2) is 0 Å². The number of aldehydes is 1. The molecule has 0 aromatic heterocycles. The number of benzene rings is 1. The number of carbonyl (C=O) groups excluding carboxylic acids is 1. The summed E-state index contributed by atoms with van der Waals surface area (Å²) in [5.74, 6) is 1.32. The van der Waals surface area contributed by atoms with Gasteiger partial charge >= 0.3 is 0 Å². The molecule has 0 bridgehead atoms. The van der Waals surface area contributed by atoms with Gasteiger partial charge in [-0.2, -0.15) is 0 Å². The molecule has 0 saturated carbocycles. The lowest BCUT2D eigenvalue weighted by Crippen LogP contribution is -2.10. The molecule has 0 atom stereocenters. The average Bonchev–Trinajstić information content (AvgIpc) is 2.36. The first-order valence-corrected chi connectivity index (χ1v) is 6.06. The Kier molecular flexibility index (Phi) is 5.43. The van der Waals surface area contributed by atoms with Crippen LogP contribution in [0.3, 0.4) is 0 Å². The van der Waals surface area contributed by atoms with E-state index in [0.29, 0.717) is 23.5 Å². The van der Waals surface area contributed by atoms with Crippen LogP contribution < -0.4 is 9.47 Å². The number of carbonyl (C=O) groups is 1. The maximum absolute atomic E-state index is 11.1. The number of hydrogen-bond acceptors (Lipinski definition) is 3. The monoisotopic (exact) mass is 248 g/mol. The van der Waals surface area contributed by atoms with E-state index >= 15 is 0 Å². The molecule has 0 unspecified atom stereocenters. The maximum atomic E-state index is 11.1. The molecule has 3 nitrogen and oxygen atoms in total. The third kappa shape index (κ3) is 3.36. The summed E-state index contributed by atoms with van der Waals surface area (Å²) < 4.78 is 11.1. The van der Waals surface area contributed by atoms with Gasteiger partial charge in [-0.3, -0.25) is 4.79 Å². The molecular formula is C15H20O3. The minimum atomic E-state index is 0.0326. The van der Waals surface area contributed by atoms with Crippen LogP contribution in [0.4, 0.5) is 0 Å². The molecule has 3 heteroatoms. The van der Waals surface area contributed by atoms with Gasteiger partial charge in [-0.1, -0.05) is 12.2 Å². The first-order chi connectivity index (χ1) is 8.63. The Morgan fingerprint density at radius 3 is 2.56 bits per heavy atom. The van der Waals surface area contributed by atoms with Gasteiger partial charge in [0.05, 0.1) is 13.2 Å². The summed E-state index contributed by atoms with van der Waals surface area (Å²) >= 11 is 0. The van der Waals surface area contributed by atoms with E-state index in [4.69, 9.17) is 9.47 Å². The minimum absolute atomic E-state index is 0.0326. The molecule has 0 amide bonds. The van der Waals surface area contributed by atoms with Crippen LogP contribution >= 0.6 is 0 Å². The third-order valence-electron chi connectivity index (χ3n) is 2.52. The molecule has 0 aliphatic carbocycles. The summed E-state index contributed by atoms with van der Waals surface area (Å²) in [6, 6.07) is 3.53. The van der Waals surface area contributed by atoms with Crippen molar-refractivity contribution in [3.05, 3.63) is 35.4 Å². The van der Waals surface area contributed by atoms with Gasteiger partial charge in [0.15, 0.2) is 11.5 Å². The molecule has 0 spiro atoms. The van der Waals surface area contributed by atoms with Crippen LogP contribution in [0.1, 0.15) is 36.7 Å². The molecule has 0 radical (unpaired) electrons. The Bertz CT molecular complexity index is 434. The van der Waals surface area contributed by atoms with Crippen molar-refractivity contribution in [2.75, 3.05) is 7.11 Å². The molecule has 18 heavy (non-hydrogen) atoms. The molecule has 1 rings (SSSR count). The fourth-order valence-electron chi connectivity index (χ4n) is 1.70. The van der Waals surface area contributed by atoms with Crippen LogP contribution in [0.25, 0.3) is 0 Å². The van der Waals surface area contributed by atoms with Crippen molar-refractivity contribution < 1.29 is 14.3 Å². The normalized spacial score (nSPS) is 10.9. The van der Waals surface area contributed by atoms with Gasteiger partial charge in [-0.15, -0.1) is 0 Å². The van der Waals surface area contributed by atoms with Crippen molar-refractivity contribution in [3.63, 3.8) is 0 Å². The molecule has 0 N–H and O–H groups in total. The van der Waals surface area contributed by atoms with Crippen LogP contribution in [0, 0.1) is 0 Å². The van der Waals surface area contributed by atoms with Crippen LogP contribution in [0.15, 0.2) is 24.3 Å². The zero-order valence-corrected chi connectivity index (χ0v) is 11.4. The molecule has 98 valence electrons. The van der Waals surface area contributed by atoms with Gasteiger partial charge in [-0.05, 0) is 39.3 Å². The van der Waals surface area contributed by atoms with Gasteiger partial charge in [0, 0.05) is 11.1 Å². The number of methoxy groups -OCH3 is 1. The first kappa shape index (κ1) is 14.3. The zero-order chi connectivity index (χ0) is 13.5. The Labute approximate surface area is 108 Å². The molecule has 0 aliphatic heterocycles. The highest BCUT2D eigenvalue weighted by Gasteiger charge is 2.15. The lowest BCUT2D eigenvalue weighted by atomic mass is 10.0. The van der Waals surface area contributed by atoms with Gasteiger partial charge in [0.2, 0.25) is 0 Å². The van der Waals surface area contributed by atoms with E-state index in [1.165, 1.54) is 0 Å². The van der Waals surface area contributed by atoms with Crippen molar-refractivity contribution >= 4 is 6.29 Å². The lowest BCUT2D eigenvalue weighted by Gasteiger charge is -2.18. The van der Waals surface area contributed by atoms with E-state index in [0.717, 1.165) is 11.8 Å². The Hall–Kier alpha value is -1.77. The second kappa shape index (κ2) is 6.84. The van der Waals surface area contributed by atoms with E-state index in [2.05, 4.69) is 0 Å². The Balaban J connectivity index is 3.32. The summed E-state index contributed by atoms with van der Waals surface area (Å²) in [7, 11) is 1.60. The Morgan fingerprint density at radius 1 is 1.33 bits per heavy atom. The number of hydrogen-bond donors (Lipinski definition) is 0. The van der Waals surface area contributed by atoms with Crippen LogP contribution in [0.5, 0.6) is 11.5 Å². The summed E-state index contributed by atoms with van der Waals surface area (Å²) in [4.78, 5) is 11.1. The average molecular weight is 248 g/mol. The highest BCUT2D eigenvalue weighted by molar-refractivity contribution is 5.80. The second-order valence-corrected chi connectivity index (χ2v) is 4.22. The summed E-state index contributed by atoms with van der Waals surface area (Å²) in [6.45, 7) is 5.85. The fraction of sp³-hybridized carbons (Fsp3) is 0.400. The van der Waals surface area contributed by atoms with Crippen molar-refractivity contribution in [3.8, 4) is 11.5 Å². The predicted octanol–water partition coefficient (Wildman–Crippen LogP) is 3.41. The molecule has 0 heterocycles. The SMILES string of the molecule is C/C=C/Cc1c(C=O)ccc(OC)c1OC(C)C. The van der Waals surface area contributed by atoms with E-state index in [1.807, 2.05) is 32.9 Å². The molecular weight excluding hydrogens is 228 g/mol. The summed E-state index contributed by atoms with van der Waals surface area (Å²) in [5.41, 5.74) is 1.51. The third-order valence-corrected chi connectivity index (χ3v) is 2.52. The summed E-state index contributed by atoms with van der Waals surface area (Å²) in [5, 5.41) is 0. The number of ether oxygens (including phenoxy) is 2. The second-order valence-electron chi connectivity index (χ2n) is 4.22. The van der Waals surface area contributed by atoms with E-state index in [1.54, 1.807) is 19.2 Å². The highest BCUT2D eigenvalue weighted by atomic mass is 16.5. The largest absolute Gasteiger partial charge is 0.493 e. The van der Waals surface area contributed by atoms with Gasteiger partial charge < -0.3 is 9.47 Å². The van der Waals surface area contributed by atoms with Crippen LogP contribution in [0.2, 0.25) is 0 Å². The van der Waals surface area contributed by atoms with E-state index in [9.17, 15) is 4.79 Å². The zero-order valence-electron chi connectivity index (χ0n) is 11.4. The topological polar surface area (TPSA) is 35.5 Å². The van der Waals surface area contributed by atoms with Crippen molar-refractivity contribution in [1.82, 2.24) is 0 Å². The van der Waals surface area contributed by atoms with Gasteiger partial charge in [0.1, 0.15) is 6.29 Å². The minimum Gasteiger partial charge on any atom is -0.493 e. The van der Waals surface area contributed by atoms with Crippen LogP contribution in [-0.2, 0) is 6.42 Å².